The second-order valence-corrected chi connectivity index (χ2v) is 5.97. The predicted octanol–water partition coefficient (Wildman–Crippen LogP) is 3.94. The molecule has 1 aromatic heterocycles. The van der Waals surface area contributed by atoms with Crippen LogP contribution < -0.4 is 0 Å². The molecule has 0 bridgehead atoms. The SMILES string of the molecule is C/C=C/c1[nH]c(C(=O)OCC)c(C)c1C(=O)c1cccc(Br)c1.O=C=O. The number of esters is 1. The maximum absolute atomic E-state index is 12.9. The zero-order chi connectivity index (χ0) is 19.7. The highest BCUT2D eigenvalue weighted by molar-refractivity contribution is 9.10. The van der Waals surface area contributed by atoms with E-state index in [0.29, 0.717) is 28.1 Å². The van der Waals surface area contributed by atoms with E-state index in [-0.39, 0.29) is 18.5 Å². The minimum Gasteiger partial charge on any atom is -0.461 e. The number of halogens is 1. The number of carbonyl (C=O) groups excluding carboxylic acids is 4. The van der Waals surface area contributed by atoms with Crippen LogP contribution >= 0.6 is 15.9 Å². The van der Waals surface area contributed by atoms with E-state index in [2.05, 4.69) is 20.9 Å². The van der Waals surface area contributed by atoms with Crippen molar-refractivity contribution < 1.29 is 23.9 Å². The molecular weight excluding hydrogens is 402 g/mol. The summed E-state index contributed by atoms with van der Waals surface area (Å²) in [4.78, 5) is 44.2. The largest absolute Gasteiger partial charge is 0.461 e. The molecular formula is C19H18BrNO5. The lowest BCUT2D eigenvalue weighted by atomic mass is 9.99. The van der Waals surface area contributed by atoms with Gasteiger partial charge < -0.3 is 9.72 Å². The number of rotatable bonds is 5. The molecule has 6 nitrogen and oxygen atoms in total. The predicted molar refractivity (Wildman–Crippen MR) is 98.8 cm³/mol. The number of allylic oxidation sites excluding steroid dienone is 1. The summed E-state index contributed by atoms with van der Waals surface area (Å²) in [5.41, 5.74) is 2.57. The molecule has 26 heavy (non-hydrogen) atoms. The molecule has 0 radical (unpaired) electrons. The highest BCUT2D eigenvalue weighted by Crippen LogP contribution is 2.25. The number of nitrogens with one attached hydrogen (secondary N) is 1. The molecule has 2 rings (SSSR count). The minimum atomic E-state index is -0.455. The van der Waals surface area contributed by atoms with Crippen LogP contribution in [0.25, 0.3) is 6.08 Å². The number of hydrogen-bond acceptors (Lipinski definition) is 5. The van der Waals surface area contributed by atoms with Crippen LogP contribution in [0.2, 0.25) is 0 Å². The molecule has 1 heterocycles. The number of aromatic nitrogens is 1. The van der Waals surface area contributed by atoms with Crippen molar-refractivity contribution >= 4 is 39.9 Å². The van der Waals surface area contributed by atoms with E-state index < -0.39 is 5.97 Å². The Hall–Kier alpha value is -2.76. The van der Waals surface area contributed by atoms with Gasteiger partial charge in [0.2, 0.25) is 0 Å². The summed E-state index contributed by atoms with van der Waals surface area (Å²) in [5, 5.41) is 0. The average Bonchev–Trinajstić information content (AvgIpc) is 2.92. The molecule has 0 atom stereocenters. The number of aromatic amines is 1. The van der Waals surface area contributed by atoms with Crippen molar-refractivity contribution in [2.24, 2.45) is 0 Å². The molecule has 0 aliphatic rings. The van der Waals surface area contributed by atoms with Crippen molar-refractivity contribution in [2.45, 2.75) is 20.8 Å². The fraction of sp³-hybridized carbons (Fsp3) is 0.211. The summed E-state index contributed by atoms with van der Waals surface area (Å²) in [6.45, 7) is 5.64. The smallest absolute Gasteiger partial charge is 0.373 e. The van der Waals surface area contributed by atoms with E-state index in [4.69, 9.17) is 14.3 Å². The molecule has 1 N–H and O–H groups in total. The standard InChI is InChI=1S/C18H18BrNO3.CO2/c1-4-7-14-15(11(3)16(20-14)18(22)23-5-2)17(21)12-8-6-9-13(19)10-12;2-1-3/h4,6-10,20H,5H2,1-3H3;/b7-4+;. The third-order valence-electron chi connectivity index (χ3n) is 3.41. The van der Waals surface area contributed by atoms with Crippen molar-refractivity contribution in [1.29, 1.82) is 0 Å². The lowest BCUT2D eigenvalue weighted by molar-refractivity contribution is -0.191. The summed E-state index contributed by atoms with van der Waals surface area (Å²) in [5.74, 6) is -0.590. The Bertz CT molecular complexity index is 861. The van der Waals surface area contributed by atoms with Gasteiger partial charge in [-0.1, -0.05) is 34.1 Å². The number of benzene rings is 1. The lowest BCUT2D eigenvalue weighted by Crippen LogP contribution is -2.08. The zero-order valence-electron chi connectivity index (χ0n) is 14.6. The van der Waals surface area contributed by atoms with Gasteiger partial charge >= 0.3 is 12.1 Å². The molecule has 1 aromatic carbocycles. The second-order valence-electron chi connectivity index (χ2n) is 5.06. The quantitative estimate of drug-likeness (QED) is 0.584. The molecule has 0 unspecified atom stereocenters. The Morgan fingerprint density at radius 2 is 1.96 bits per heavy atom. The average molecular weight is 420 g/mol. The summed E-state index contributed by atoms with van der Waals surface area (Å²) < 4.78 is 5.88. The fourth-order valence-electron chi connectivity index (χ4n) is 2.38. The first-order valence-corrected chi connectivity index (χ1v) is 8.52. The first kappa shape index (κ1) is 21.3. The van der Waals surface area contributed by atoms with Crippen molar-refractivity contribution in [1.82, 2.24) is 4.98 Å². The molecule has 7 heteroatoms. The number of H-pyrrole nitrogens is 1. The van der Waals surface area contributed by atoms with Crippen molar-refractivity contribution in [2.75, 3.05) is 6.61 Å². The van der Waals surface area contributed by atoms with E-state index in [1.807, 2.05) is 19.1 Å². The Morgan fingerprint density at radius 3 is 2.50 bits per heavy atom. The number of carbonyl (C=O) groups is 2. The number of ether oxygens (including phenoxy) is 1. The second kappa shape index (κ2) is 10.3. The molecule has 0 amide bonds. The third-order valence-corrected chi connectivity index (χ3v) is 3.90. The van der Waals surface area contributed by atoms with E-state index in [0.717, 1.165) is 4.47 Å². The molecule has 2 aromatic rings. The van der Waals surface area contributed by atoms with Crippen LogP contribution in [0.3, 0.4) is 0 Å². The molecule has 0 aliphatic heterocycles. The van der Waals surface area contributed by atoms with Gasteiger partial charge in [0.25, 0.3) is 0 Å². The van der Waals surface area contributed by atoms with E-state index >= 15 is 0 Å². The van der Waals surface area contributed by atoms with Gasteiger partial charge in [0, 0.05) is 15.7 Å². The van der Waals surface area contributed by atoms with Crippen LogP contribution in [-0.2, 0) is 14.3 Å². The molecule has 0 aliphatic carbocycles. The lowest BCUT2D eigenvalue weighted by Gasteiger charge is -2.04. The highest BCUT2D eigenvalue weighted by atomic mass is 79.9. The number of hydrogen-bond donors (Lipinski definition) is 1. The zero-order valence-corrected chi connectivity index (χ0v) is 16.2. The van der Waals surface area contributed by atoms with Crippen LogP contribution in [0.1, 0.15) is 51.5 Å². The monoisotopic (exact) mass is 419 g/mol. The first-order chi connectivity index (χ1) is 12.4. The molecule has 0 spiro atoms. The van der Waals surface area contributed by atoms with Crippen molar-refractivity contribution in [3.05, 3.63) is 62.9 Å². The Balaban J connectivity index is 0.00000105. The Morgan fingerprint density at radius 1 is 1.31 bits per heavy atom. The topological polar surface area (TPSA) is 93.3 Å². The van der Waals surface area contributed by atoms with E-state index in [1.165, 1.54) is 0 Å². The Kier molecular flexibility index (Phi) is 8.42. The highest BCUT2D eigenvalue weighted by Gasteiger charge is 2.24. The van der Waals surface area contributed by atoms with E-state index in [9.17, 15) is 9.59 Å². The Labute approximate surface area is 159 Å². The summed E-state index contributed by atoms with van der Waals surface area (Å²) in [6.07, 6.45) is 3.85. The van der Waals surface area contributed by atoms with Crippen LogP contribution in [0, 0.1) is 6.92 Å². The molecule has 0 saturated heterocycles. The number of ketones is 1. The van der Waals surface area contributed by atoms with Gasteiger partial charge in [-0.25, -0.2) is 4.79 Å². The molecule has 0 saturated carbocycles. The van der Waals surface area contributed by atoms with Crippen LogP contribution in [-0.4, -0.2) is 29.5 Å². The van der Waals surface area contributed by atoms with Gasteiger partial charge in [-0.05, 0) is 44.5 Å². The van der Waals surface area contributed by atoms with Gasteiger partial charge in [0.05, 0.1) is 12.2 Å². The maximum atomic E-state index is 12.9. The molecule has 136 valence electrons. The summed E-state index contributed by atoms with van der Waals surface area (Å²) in [6, 6.07) is 7.18. The van der Waals surface area contributed by atoms with Crippen molar-refractivity contribution in [3.8, 4) is 0 Å². The van der Waals surface area contributed by atoms with Gasteiger partial charge in [-0.3, -0.25) is 4.79 Å². The normalized spacial score (nSPS) is 10.0. The maximum Gasteiger partial charge on any atom is 0.373 e. The first-order valence-electron chi connectivity index (χ1n) is 7.73. The minimum absolute atomic E-state index is 0.135. The van der Waals surface area contributed by atoms with Gasteiger partial charge in [-0.15, -0.1) is 0 Å². The third kappa shape index (κ3) is 5.12. The summed E-state index contributed by atoms with van der Waals surface area (Å²) >= 11 is 3.37. The fourth-order valence-corrected chi connectivity index (χ4v) is 2.78. The van der Waals surface area contributed by atoms with Crippen LogP contribution in [0.5, 0.6) is 0 Å². The van der Waals surface area contributed by atoms with Crippen LogP contribution in [0.15, 0.2) is 34.8 Å². The van der Waals surface area contributed by atoms with Gasteiger partial charge in [0.15, 0.2) is 5.78 Å². The molecule has 0 fully saturated rings. The summed E-state index contributed by atoms with van der Waals surface area (Å²) in [7, 11) is 0. The van der Waals surface area contributed by atoms with Gasteiger partial charge in [-0.2, -0.15) is 9.59 Å². The van der Waals surface area contributed by atoms with E-state index in [1.54, 1.807) is 38.1 Å². The van der Waals surface area contributed by atoms with Crippen molar-refractivity contribution in [3.63, 3.8) is 0 Å². The van der Waals surface area contributed by atoms with Crippen LogP contribution in [0.4, 0.5) is 0 Å². The van der Waals surface area contributed by atoms with Gasteiger partial charge in [0.1, 0.15) is 5.69 Å².